The van der Waals surface area contributed by atoms with E-state index in [1.165, 1.54) is 21.6 Å². The first-order valence-electron chi connectivity index (χ1n) is 8.92. The van der Waals surface area contributed by atoms with E-state index in [2.05, 4.69) is 45.9 Å². The first-order valence-corrected chi connectivity index (χ1v) is 9.80. The van der Waals surface area contributed by atoms with Gasteiger partial charge in [0.25, 0.3) is 0 Å². The van der Waals surface area contributed by atoms with Crippen molar-refractivity contribution in [3.8, 4) is 0 Å². The molecule has 3 nitrogen and oxygen atoms in total. The molecular formula is C22H22N2OS. The van der Waals surface area contributed by atoms with Gasteiger partial charge in [0.2, 0.25) is 5.91 Å². The molecule has 4 heteroatoms. The summed E-state index contributed by atoms with van der Waals surface area (Å²) in [6.07, 6.45) is 1.01. The van der Waals surface area contributed by atoms with Crippen molar-refractivity contribution in [1.82, 2.24) is 4.90 Å². The van der Waals surface area contributed by atoms with Crippen LogP contribution in [0.15, 0.2) is 66.0 Å². The molecule has 0 saturated heterocycles. The number of aryl methyl sites for hydroxylation is 1. The first-order chi connectivity index (χ1) is 12.7. The van der Waals surface area contributed by atoms with Gasteiger partial charge in [-0.3, -0.25) is 9.69 Å². The van der Waals surface area contributed by atoms with Crippen molar-refractivity contribution in [3.63, 3.8) is 0 Å². The van der Waals surface area contributed by atoms with E-state index in [1.54, 1.807) is 0 Å². The zero-order chi connectivity index (χ0) is 17.9. The Labute approximate surface area is 158 Å². The highest BCUT2D eigenvalue weighted by atomic mass is 32.1. The summed E-state index contributed by atoms with van der Waals surface area (Å²) < 4.78 is 0. The van der Waals surface area contributed by atoms with Crippen molar-refractivity contribution >= 4 is 22.9 Å². The largest absolute Gasteiger partial charge is 0.325 e. The van der Waals surface area contributed by atoms with Gasteiger partial charge in [0.15, 0.2) is 0 Å². The Morgan fingerprint density at radius 1 is 1.12 bits per heavy atom. The molecule has 1 amide bonds. The van der Waals surface area contributed by atoms with Crippen molar-refractivity contribution in [1.29, 1.82) is 0 Å². The average molecular weight is 362 g/mol. The molecule has 1 aliphatic heterocycles. The standard InChI is InChI=1S/C22H22N2OS/c1-16-7-9-18(10-8-16)23-21(25)15-24-13-11-20-19(12-14-26-20)22(24)17-5-3-2-4-6-17/h2-10,12,14,22H,11,13,15H2,1H3,(H,23,25)/t22-/m0/s1. The number of nitrogens with zero attached hydrogens (tertiary/aromatic N) is 1. The third-order valence-corrected chi connectivity index (χ3v) is 5.86. The lowest BCUT2D eigenvalue weighted by Gasteiger charge is -2.35. The highest BCUT2D eigenvalue weighted by Crippen LogP contribution is 2.37. The smallest absolute Gasteiger partial charge is 0.238 e. The molecule has 26 heavy (non-hydrogen) atoms. The Morgan fingerprint density at radius 3 is 2.65 bits per heavy atom. The van der Waals surface area contributed by atoms with Gasteiger partial charge in [0.05, 0.1) is 12.6 Å². The maximum atomic E-state index is 12.6. The van der Waals surface area contributed by atoms with Gasteiger partial charge in [-0.1, -0.05) is 48.0 Å². The molecule has 0 spiro atoms. The lowest BCUT2D eigenvalue weighted by molar-refractivity contribution is -0.117. The lowest BCUT2D eigenvalue weighted by atomic mass is 9.93. The second-order valence-electron chi connectivity index (χ2n) is 6.75. The number of fused-ring (bicyclic) bond motifs is 1. The molecule has 3 aromatic rings. The van der Waals surface area contributed by atoms with Crippen molar-refractivity contribution in [3.05, 3.63) is 87.6 Å². The molecule has 0 aliphatic carbocycles. The van der Waals surface area contributed by atoms with Gasteiger partial charge in [0, 0.05) is 17.1 Å². The number of amides is 1. The predicted molar refractivity (Wildman–Crippen MR) is 108 cm³/mol. The summed E-state index contributed by atoms with van der Waals surface area (Å²) in [7, 11) is 0. The molecule has 4 rings (SSSR count). The van der Waals surface area contributed by atoms with Crippen LogP contribution in [0.25, 0.3) is 0 Å². The molecule has 0 saturated carbocycles. The maximum Gasteiger partial charge on any atom is 0.238 e. The van der Waals surface area contributed by atoms with Gasteiger partial charge in [-0.15, -0.1) is 11.3 Å². The van der Waals surface area contributed by atoms with Crippen molar-refractivity contribution in [2.75, 3.05) is 18.4 Å². The van der Waals surface area contributed by atoms with E-state index in [-0.39, 0.29) is 11.9 Å². The minimum atomic E-state index is 0.0356. The summed E-state index contributed by atoms with van der Waals surface area (Å²) in [5.41, 5.74) is 4.63. The summed E-state index contributed by atoms with van der Waals surface area (Å²) in [5, 5.41) is 5.19. The number of hydrogen-bond donors (Lipinski definition) is 1. The normalized spacial score (nSPS) is 16.9. The van der Waals surface area contributed by atoms with Crippen LogP contribution in [0.2, 0.25) is 0 Å². The van der Waals surface area contributed by atoms with Crippen LogP contribution in [-0.4, -0.2) is 23.9 Å². The minimum absolute atomic E-state index is 0.0356. The highest BCUT2D eigenvalue weighted by molar-refractivity contribution is 7.10. The van der Waals surface area contributed by atoms with Crippen molar-refractivity contribution in [2.24, 2.45) is 0 Å². The summed E-state index contributed by atoms with van der Waals surface area (Å²) in [4.78, 5) is 16.4. The number of rotatable bonds is 4. The van der Waals surface area contributed by atoms with E-state index in [0.717, 1.165) is 18.7 Å². The number of thiophene rings is 1. The molecule has 1 aliphatic rings. The molecule has 0 radical (unpaired) electrons. The van der Waals surface area contributed by atoms with Gasteiger partial charge in [-0.25, -0.2) is 0 Å². The number of anilines is 1. The summed E-state index contributed by atoms with van der Waals surface area (Å²) >= 11 is 1.82. The third kappa shape index (κ3) is 3.57. The molecule has 0 unspecified atom stereocenters. The summed E-state index contributed by atoms with van der Waals surface area (Å²) in [6, 6.07) is 20.8. The maximum absolute atomic E-state index is 12.6. The van der Waals surface area contributed by atoms with Gasteiger partial charge in [-0.2, -0.15) is 0 Å². The lowest BCUT2D eigenvalue weighted by Crippen LogP contribution is -2.40. The third-order valence-electron chi connectivity index (χ3n) is 4.86. The number of nitrogens with one attached hydrogen (secondary N) is 1. The second-order valence-corrected chi connectivity index (χ2v) is 7.75. The Balaban J connectivity index is 1.54. The van der Waals surface area contributed by atoms with Gasteiger partial charge >= 0.3 is 0 Å². The monoisotopic (exact) mass is 362 g/mol. The fourth-order valence-corrected chi connectivity index (χ4v) is 4.49. The van der Waals surface area contributed by atoms with Crippen LogP contribution in [0.3, 0.4) is 0 Å². The van der Waals surface area contributed by atoms with E-state index >= 15 is 0 Å². The van der Waals surface area contributed by atoms with Crippen LogP contribution in [0.1, 0.15) is 27.6 Å². The second kappa shape index (κ2) is 7.44. The quantitative estimate of drug-likeness (QED) is 0.733. The SMILES string of the molecule is Cc1ccc(NC(=O)CN2CCc3sccc3[C@@H]2c2ccccc2)cc1. The minimum Gasteiger partial charge on any atom is -0.325 e. The van der Waals surface area contributed by atoms with Crippen molar-refractivity contribution in [2.45, 2.75) is 19.4 Å². The van der Waals surface area contributed by atoms with E-state index < -0.39 is 0 Å². The Bertz CT molecular complexity index is 886. The summed E-state index contributed by atoms with van der Waals surface area (Å²) in [5.74, 6) is 0.0356. The van der Waals surface area contributed by atoms with E-state index in [0.29, 0.717) is 6.54 Å². The predicted octanol–water partition coefficient (Wildman–Crippen LogP) is 4.64. The van der Waals surface area contributed by atoms with E-state index in [4.69, 9.17) is 0 Å². The molecule has 1 atom stereocenters. The van der Waals surface area contributed by atoms with Crippen LogP contribution in [-0.2, 0) is 11.2 Å². The van der Waals surface area contributed by atoms with Crippen molar-refractivity contribution < 1.29 is 4.79 Å². The van der Waals surface area contributed by atoms with Crippen LogP contribution in [0.5, 0.6) is 0 Å². The molecule has 132 valence electrons. The van der Waals surface area contributed by atoms with Crippen LogP contribution < -0.4 is 5.32 Å². The Morgan fingerprint density at radius 2 is 1.88 bits per heavy atom. The molecule has 0 bridgehead atoms. The molecule has 1 aromatic heterocycles. The molecule has 0 fully saturated rings. The zero-order valence-electron chi connectivity index (χ0n) is 14.8. The number of hydrogen-bond acceptors (Lipinski definition) is 3. The molecular weight excluding hydrogens is 340 g/mol. The highest BCUT2D eigenvalue weighted by Gasteiger charge is 2.30. The average Bonchev–Trinajstić information content (AvgIpc) is 3.13. The summed E-state index contributed by atoms with van der Waals surface area (Å²) in [6.45, 7) is 3.33. The Hall–Kier alpha value is -2.43. The van der Waals surface area contributed by atoms with E-state index in [1.807, 2.05) is 48.6 Å². The van der Waals surface area contributed by atoms with Crippen LogP contribution >= 0.6 is 11.3 Å². The molecule has 2 heterocycles. The van der Waals surface area contributed by atoms with E-state index in [9.17, 15) is 4.79 Å². The topological polar surface area (TPSA) is 32.3 Å². The fraction of sp³-hybridized carbons (Fsp3) is 0.227. The van der Waals surface area contributed by atoms with Gasteiger partial charge in [-0.05, 0) is 48.1 Å². The van der Waals surface area contributed by atoms with Crippen LogP contribution in [0, 0.1) is 6.92 Å². The number of carbonyl (C=O) groups excluding carboxylic acids is 1. The molecule has 1 N–H and O–H groups in total. The van der Waals surface area contributed by atoms with Gasteiger partial charge in [0.1, 0.15) is 0 Å². The van der Waals surface area contributed by atoms with Gasteiger partial charge < -0.3 is 5.32 Å². The number of benzene rings is 2. The first kappa shape index (κ1) is 17.0. The fourth-order valence-electron chi connectivity index (χ4n) is 3.59. The Kier molecular flexibility index (Phi) is 4.87. The van der Waals surface area contributed by atoms with Crippen LogP contribution in [0.4, 0.5) is 5.69 Å². The molecule has 2 aromatic carbocycles. The zero-order valence-corrected chi connectivity index (χ0v) is 15.6. The number of carbonyl (C=O) groups is 1.